The minimum atomic E-state index is -0.380. The van der Waals surface area contributed by atoms with Crippen molar-refractivity contribution in [2.24, 2.45) is 16.9 Å². The molecular weight excluding hydrogens is 144 g/mol. The van der Waals surface area contributed by atoms with Crippen molar-refractivity contribution in [3.05, 3.63) is 0 Å². The van der Waals surface area contributed by atoms with Gasteiger partial charge in [0.1, 0.15) is 0 Å². The van der Waals surface area contributed by atoms with E-state index in [9.17, 15) is 9.59 Å². The van der Waals surface area contributed by atoms with Gasteiger partial charge in [0.05, 0.1) is 0 Å². The van der Waals surface area contributed by atoms with Gasteiger partial charge in [-0.2, -0.15) is 0 Å². The first-order valence-corrected chi connectivity index (χ1v) is 3.65. The molecule has 1 fully saturated rings. The molecule has 1 saturated carbocycles. The highest BCUT2D eigenvalue weighted by Gasteiger charge is 2.47. The average molecular weight is 156 g/mol. The lowest BCUT2D eigenvalue weighted by atomic mass is 10.00. The third kappa shape index (κ3) is 1.69. The Labute approximate surface area is 64.9 Å². The molecule has 11 heavy (non-hydrogen) atoms. The molecule has 0 aromatic heterocycles. The van der Waals surface area contributed by atoms with Crippen LogP contribution in [0.4, 0.5) is 0 Å². The van der Waals surface area contributed by atoms with Crippen molar-refractivity contribution in [2.75, 3.05) is 0 Å². The quantitative estimate of drug-likeness (QED) is 0.575. The molecule has 1 aliphatic rings. The first-order valence-electron chi connectivity index (χ1n) is 3.65. The molecule has 0 atom stereocenters. The lowest BCUT2D eigenvalue weighted by molar-refractivity contribution is -0.124. The summed E-state index contributed by atoms with van der Waals surface area (Å²) in [7, 11) is 0. The van der Waals surface area contributed by atoms with E-state index in [2.05, 4.69) is 0 Å². The summed E-state index contributed by atoms with van der Waals surface area (Å²) in [4.78, 5) is 21.1. The third-order valence-corrected chi connectivity index (χ3v) is 2.23. The maximum atomic E-state index is 10.8. The summed E-state index contributed by atoms with van der Waals surface area (Å²) < 4.78 is 0. The van der Waals surface area contributed by atoms with Crippen molar-refractivity contribution >= 4 is 11.8 Å². The Hall–Kier alpha value is -1.06. The molecular formula is C7H12N2O2. The number of nitrogens with two attached hydrogens (primary N) is 2. The summed E-state index contributed by atoms with van der Waals surface area (Å²) in [5.41, 5.74) is 9.68. The van der Waals surface area contributed by atoms with Crippen LogP contribution in [0.2, 0.25) is 0 Å². The Kier molecular flexibility index (Phi) is 1.85. The number of primary amides is 2. The molecule has 0 radical (unpaired) electrons. The van der Waals surface area contributed by atoms with Crippen LogP contribution in [0.5, 0.6) is 0 Å². The molecule has 0 unspecified atom stereocenters. The second-order valence-electron chi connectivity index (χ2n) is 3.11. The van der Waals surface area contributed by atoms with Gasteiger partial charge >= 0.3 is 0 Å². The smallest absolute Gasteiger partial charge is 0.223 e. The van der Waals surface area contributed by atoms with Gasteiger partial charge in [-0.25, -0.2) is 0 Å². The Morgan fingerprint density at radius 2 is 1.82 bits per heavy atom. The topological polar surface area (TPSA) is 86.2 Å². The molecule has 0 heterocycles. The van der Waals surface area contributed by atoms with Gasteiger partial charge in [-0.15, -0.1) is 0 Å². The molecule has 0 aromatic rings. The van der Waals surface area contributed by atoms with Crippen molar-refractivity contribution in [3.63, 3.8) is 0 Å². The second-order valence-corrected chi connectivity index (χ2v) is 3.11. The van der Waals surface area contributed by atoms with E-state index in [0.29, 0.717) is 6.42 Å². The van der Waals surface area contributed by atoms with Gasteiger partial charge in [-0.1, -0.05) is 0 Å². The summed E-state index contributed by atoms with van der Waals surface area (Å²) in [5.74, 6) is -0.656. The predicted octanol–water partition coefficient (Wildman–Crippen LogP) is -0.483. The molecule has 0 bridgehead atoms. The summed E-state index contributed by atoms with van der Waals surface area (Å²) in [6.45, 7) is 0. The van der Waals surface area contributed by atoms with Gasteiger partial charge in [0, 0.05) is 11.8 Å². The minimum Gasteiger partial charge on any atom is -0.370 e. The van der Waals surface area contributed by atoms with Crippen LogP contribution in [0.15, 0.2) is 0 Å². The molecule has 4 heteroatoms. The fourth-order valence-corrected chi connectivity index (χ4v) is 1.13. The predicted molar refractivity (Wildman–Crippen MR) is 39.3 cm³/mol. The van der Waals surface area contributed by atoms with E-state index in [-0.39, 0.29) is 23.7 Å². The number of hydrogen-bond donors (Lipinski definition) is 2. The van der Waals surface area contributed by atoms with Gasteiger partial charge in [0.15, 0.2) is 0 Å². The molecule has 1 aliphatic carbocycles. The van der Waals surface area contributed by atoms with Crippen molar-refractivity contribution in [1.82, 2.24) is 0 Å². The molecule has 4 N–H and O–H groups in total. The molecule has 1 rings (SSSR count). The highest BCUT2D eigenvalue weighted by molar-refractivity contribution is 5.84. The molecule has 62 valence electrons. The fraction of sp³-hybridized carbons (Fsp3) is 0.714. The lowest BCUT2D eigenvalue weighted by Crippen LogP contribution is -2.26. The van der Waals surface area contributed by atoms with Crippen LogP contribution in [0, 0.1) is 5.41 Å². The monoisotopic (exact) mass is 156 g/mol. The van der Waals surface area contributed by atoms with E-state index in [1.807, 2.05) is 0 Å². The van der Waals surface area contributed by atoms with Crippen LogP contribution in [0.1, 0.15) is 25.7 Å². The zero-order chi connectivity index (χ0) is 8.48. The largest absolute Gasteiger partial charge is 0.370 e. The Balaban J connectivity index is 2.36. The van der Waals surface area contributed by atoms with E-state index in [1.54, 1.807) is 0 Å². The van der Waals surface area contributed by atoms with Crippen LogP contribution >= 0.6 is 0 Å². The normalized spacial score (nSPS) is 19.3. The number of carbonyl (C=O) groups is 2. The zero-order valence-corrected chi connectivity index (χ0v) is 6.30. The fourth-order valence-electron chi connectivity index (χ4n) is 1.13. The SMILES string of the molecule is NC(=O)CCC1(C(N)=O)CC1. The highest BCUT2D eigenvalue weighted by atomic mass is 16.2. The second kappa shape index (κ2) is 2.53. The molecule has 4 nitrogen and oxygen atoms in total. The summed E-state index contributed by atoms with van der Waals surface area (Å²) in [5, 5.41) is 0. The maximum absolute atomic E-state index is 10.8. The molecule has 0 aliphatic heterocycles. The van der Waals surface area contributed by atoms with Gasteiger partial charge < -0.3 is 11.5 Å². The van der Waals surface area contributed by atoms with Crippen molar-refractivity contribution in [2.45, 2.75) is 25.7 Å². The van der Waals surface area contributed by atoms with E-state index < -0.39 is 0 Å². The highest BCUT2D eigenvalue weighted by Crippen LogP contribution is 2.49. The van der Waals surface area contributed by atoms with Gasteiger partial charge in [-0.05, 0) is 19.3 Å². The first kappa shape index (κ1) is 8.04. The Bertz CT molecular complexity index is 197. The standard InChI is InChI=1S/C7H12N2O2/c8-5(10)1-2-7(3-4-7)6(9)11/h1-4H2,(H2,8,10)(H2,9,11). The third-order valence-electron chi connectivity index (χ3n) is 2.23. The zero-order valence-electron chi connectivity index (χ0n) is 6.30. The van der Waals surface area contributed by atoms with Gasteiger partial charge in [0.25, 0.3) is 0 Å². The number of carbonyl (C=O) groups excluding carboxylic acids is 2. The van der Waals surface area contributed by atoms with E-state index in [1.165, 1.54) is 0 Å². The van der Waals surface area contributed by atoms with E-state index >= 15 is 0 Å². The first-order chi connectivity index (χ1) is 5.07. The van der Waals surface area contributed by atoms with Crippen molar-refractivity contribution < 1.29 is 9.59 Å². The summed E-state index contributed by atoms with van der Waals surface area (Å²) in [6.07, 6.45) is 2.42. The molecule has 0 aromatic carbocycles. The van der Waals surface area contributed by atoms with Gasteiger partial charge in [0.2, 0.25) is 11.8 Å². The van der Waals surface area contributed by atoms with Crippen molar-refractivity contribution in [1.29, 1.82) is 0 Å². The van der Waals surface area contributed by atoms with Crippen LogP contribution in [-0.2, 0) is 9.59 Å². The molecule has 0 saturated heterocycles. The van der Waals surface area contributed by atoms with Crippen molar-refractivity contribution in [3.8, 4) is 0 Å². The molecule has 2 amide bonds. The lowest BCUT2D eigenvalue weighted by Gasteiger charge is -2.07. The van der Waals surface area contributed by atoms with Crippen LogP contribution in [0.25, 0.3) is 0 Å². The molecule has 0 spiro atoms. The minimum absolute atomic E-state index is 0.267. The maximum Gasteiger partial charge on any atom is 0.223 e. The van der Waals surface area contributed by atoms with Crippen LogP contribution in [-0.4, -0.2) is 11.8 Å². The number of rotatable bonds is 4. The Morgan fingerprint density at radius 3 is 2.09 bits per heavy atom. The number of hydrogen-bond acceptors (Lipinski definition) is 2. The average Bonchev–Trinajstić information content (AvgIpc) is 2.63. The van der Waals surface area contributed by atoms with E-state index in [0.717, 1.165) is 12.8 Å². The Morgan fingerprint density at radius 1 is 1.27 bits per heavy atom. The van der Waals surface area contributed by atoms with E-state index in [4.69, 9.17) is 11.5 Å². The van der Waals surface area contributed by atoms with Crippen LogP contribution < -0.4 is 11.5 Å². The van der Waals surface area contributed by atoms with Crippen LogP contribution in [0.3, 0.4) is 0 Å². The summed E-state index contributed by atoms with van der Waals surface area (Å²) in [6, 6.07) is 0. The van der Waals surface area contributed by atoms with Gasteiger partial charge in [-0.3, -0.25) is 9.59 Å². The number of amides is 2. The summed E-state index contributed by atoms with van der Waals surface area (Å²) >= 11 is 0.